The second kappa shape index (κ2) is 2.85. The molecule has 0 radical (unpaired) electrons. The van der Waals surface area contributed by atoms with Crippen LogP contribution in [0.25, 0.3) is 0 Å². The number of rotatable bonds is 0. The van der Waals surface area contributed by atoms with Gasteiger partial charge in [-0.05, 0) is 19.9 Å². The average Bonchev–Trinajstić information content (AvgIpc) is 1.82. The fourth-order valence-corrected chi connectivity index (χ4v) is 1.10. The maximum atomic E-state index is 4.39. The van der Waals surface area contributed by atoms with Crippen molar-refractivity contribution in [3.63, 3.8) is 0 Å². The van der Waals surface area contributed by atoms with Crippen LogP contribution in [-0.4, -0.2) is 9.97 Å². The Balaban J connectivity index is 3.18. The highest BCUT2D eigenvalue weighted by Crippen LogP contribution is 2.19. The predicted octanol–water partition coefficient (Wildman–Crippen LogP) is 2.39. The van der Waals surface area contributed by atoms with Crippen molar-refractivity contribution in [3.8, 4) is 0 Å². The Morgan fingerprint density at radius 1 is 1.08 bits per heavy atom. The molecule has 12 heavy (non-hydrogen) atoms. The van der Waals surface area contributed by atoms with E-state index < -0.39 is 0 Å². The average molecular weight is 164 g/mol. The Kier molecular flexibility index (Phi) is 2.18. The summed E-state index contributed by atoms with van der Waals surface area (Å²) in [5.41, 5.74) is 2.29. The molecule has 0 atom stereocenters. The maximum absolute atomic E-state index is 4.39. The third-order valence-electron chi connectivity index (χ3n) is 1.73. The van der Waals surface area contributed by atoms with Gasteiger partial charge in [-0.1, -0.05) is 20.8 Å². The summed E-state index contributed by atoms with van der Waals surface area (Å²) in [5.74, 6) is 0.861. The van der Waals surface area contributed by atoms with E-state index in [0.717, 1.165) is 17.2 Å². The Labute approximate surface area is 74.1 Å². The van der Waals surface area contributed by atoms with Gasteiger partial charge in [-0.25, -0.2) is 9.97 Å². The van der Waals surface area contributed by atoms with Crippen molar-refractivity contribution in [3.05, 3.63) is 23.3 Å². The van der Waals surface area contributed by atoms with E-state index in [1.165, 1.54) is 0 Å². The Morgan fingerprint density at radius 3 is 2.08 bits per heavy atom. The zero-order valence-electron chi connectivity index (χ0n) is 8.47. The molecule has 0 aliphatic carbocycles. The molecule has 0 unspecified atom stereocenters. The summed E-state index contributed by atoms with van der Waals surface area (Å²) in [6.45, 7) is 10.4. The lowest BCUT2D eigenvalue weighted by Gasteiger charge is -2.18. The molecule has 0 fully saturated rings. The van der Waals surface area contributed by atoms with E-state index in [0.29, 0.717) is 0 Å². The number of hydrogen-bond acceptors (Lipinski definition) is 2. The Morgan fingerprint density at radius 2 is 1.67 bits per heavy atom. The zero-order valence-corrected chi connectivity index (χ0v) is 8.47. The van der Waals surface area contributed by atoms with Crippen molar-refractivity contribution in [1.82, 2.24) is 9.97 Å². The molecule has 0 amide bonds. The number of aromatic nitrogens is 2. The van der Waals surface area contributed by atoms with Crippen LogP contribution in [0.4, 0.5) is 0 Å². The molecule has 66 valence electrons. The highest BCUT2D eigenvalue weighted by Gasteiger charge is 2.15. The van der Waals surface area contributed by atoms with E-state index in [1.807, 2.05) is 19.9 Å². The molecule has 0 aromatic carbocycles. The van der Waals surface area contributed by atoms with Gasteiger partial charge >= 0.3 is 0 Å². The van der Waals surface area contributed by atoms with Crippen molar-refractivity contribution in [2.45, 2.75) is 40.0 Å². The van der Waals surface area contributed by atoms with Crippen LogP contribution in [0.3, 0.4) is 0 Å². The molecule has 0 aliphatic rings. The third kappa shape index (κ3) is 2.03. The molecule has 0 aliphatic heterocycles. The van der Waals surface area contributed by atoms with E-state index in [-0.39, 0.29) is 5.41 Å². The van der Waals surface area contributed by atoms with Crippen LogP contribution in [0.2, 0.25) is 0 Å². The predicted molar refractivity (Wildman–Crippen MR) is 50.2 cm³/mol. The second-order valence-electron chi connectivity index (χ2n) is 4.19. The van der Waals surface area contributed by atoms with Crippen LogP contribution in [-0.2, 0) is 5.41 Å². The lowest BCUT2D eigenvalue weighted by Crippen LogP contribution is -2.15. The highest BCUT2D eigenvalue weighted by atomic mass is 14.9. The molecule has 2 heteroatoms. The Bertz CT molecular complexity index is 264. The molecule has 1 aromatic heterocycles. The summed E-state index contributed by atoms with van der Waals surface area (Å²) in [6.07, 6.45) is 0. The van der Waals surface area contributed by atoms with Gasteiger partial charge in [0.1, 0.15) is 5.82 Å². The van der Waals surface area contributed by atoms with Crippen LogP contribution < -0.4 is 0 Å². The topological polar surface area (TPSA) is 25.8 Å². The SMILES string of the molecule is Cc1cc(C(C)(C)C)nc(C)n1. The van der Waals surface area contributed by atoms with Gasteiger partial charge < -0.3 is 0 Å². The van der Waals surface area contributed by atoms with Gasteiger partial charge in [-0.2, -0.15) is 0 Å². The summed E-state index contributed by atoms with van der Waals surface area (Å²) in [4.78, 5) is 8.63. The van der Waals surface area contributed by atoms with Gasteiger partial charge in [0.15, 0.2) is 0 Å². The molecule has 0 saturated carbocycles. The van der Waals surface area contributed by atoms with Crippen molar-refractivity contribution in [2.24, 2.45) is 0 Å². The minimum absolute atomic E-state index is 0.123. The minimum atomic E-state index is 0.123. The number of nitrogens with zero attached hydrogens (tertiary/aromatic N) is 2. The van der Waals surface area contributed by atoms with Gasteiger partial charge in [0.25, 0.3) is 0 Å². The van der Waals surface area contributed by atoms with E-state index in [9.17, 15) is 0 Å². The maximum Gasteiger partial charge on any atom is 0.125 e. The van der Waals surface area contributed by atoms with Gasteiger partial charge in [0, 0.05) is 16.8 Å². The van der Waals surface area contributed by atoms with Crippen molar-refractivity contribution >= 4 is 0 Å². The van der Waals surface area contributed by atoms with Crippen LogP contribution in [0.5, 0.6) is 0 Å². The normalized spacial score (nSPS) is 11.8. The summed E-state index contributed by atoms with van der Waals surface area (Å²) in [6, 6.07) is 2.05. The first-order chi connectivity index (χ1) is 5.39. The van der Waals surface area contributed by atoms with E-state index in [4.69, 9.17) is 0 Å². The van der Waals surface area contributed by atoms with Crippen molar-refractivity contribution < 1.29 is 0 Å². The van der Waals surface area contributed by atoms with Crippen LogP contribution in [0.1, 0.15) is 38.0 Å². The van der Waals surface area contributed by atoms with Crippen LogP contribution >= 0.6 is 0 Å². The Hall–Kier alpha value is -0.920. The first-order valence-electron chi connectivity index (χ1n) is 4.22. The molecule has 0 N–H and O–H groups in total. The fourth-order valence-electron chi connectivity index (χ4n) is 1.10. The quantitative estimate of drug-likeness (QED) is 0.588. The van der Waals surface area contributed by atoms with Gasteiger partial charge in [0.2, 0.25) is 0 Å². The molecule has 0 spiro atoms. The van der Waals surface area contributed by atoms with E-state index in [2.05, 4.69) is 30.7 Å². The van der Waals surface area contributed by atoms with Crippen molar-refractivity contribution in [2.75, 3.05) is 0 Å². The third-order valence-corrected chi connectivity index (χ3v) is 1.73. The van der Waals surface area contributed by atoms with Gasteiger partial charge in [0.05, 0.1) is 0 Å². The largest absolute Gasteiger partial charge is 0.239 e. The number of hydrogen-bond donors (Lipinski definition) is 0. The zero-order chi connectivity index (χ0) is 9.35. The minimum Gasteiger partial charge on any atom is -0.239 e. The molecule has 0 saturated heterocycles. The monoisotopic (exact) mass is 164 g/mol. The fraction of sp³-hybridized carbons (Fsp3) is 0.600. The molecular formula is C10H16N2. The summed E-state index contributed by atoms with van der Waals surface area (Å²) in [7, 11) is 0. The first-order valence-corrected chi connectivity index (χ1v) is 4.22. The molecule has 1 heterocycles. The summed E-state index contributed by atoms with van der Waals surface area (Å²) < 4.78 is 0. The van der Waals surface area contributed by atoms with Crippen LogP contribution in [0.15, 0.2) is 6.07 Å². The van der Waals surface area contributed by atoms with Crippen LogP contribution in [0, 0.1) is 13.8 Å². The van der Waals surface area contributed by atoms with E-state index >= 15 is 0 Å². The smallest absolute Gasteiger partial charge is 0.125 e. The number of aryl methyl sites for hydroxylation is 2. The molecule has 2 nitrogen and oxygen atoms in total. The highest BCUT2D eigenvalue weighted by molar-refractivity contribution is 5.16. The standard InChI is InChI=1S/C10H16N2/c1-7-6-9(10(3,4)5)12-8(2)11-7/h6H,1-5H3. The molecular weight excluding hydrogens is 148 g/mol. The second-order valence-corrected chi connectivity index (χ2v) is 4.19. The summed E-state index contributed by atoms with van der Waals surface area (Å²) in [5, 5.41) is 0. The van der Waals surface area contributed by atoms with Gasteiger partial charge in [-0.3, -0.25) is 0 Å². The van der Waals surface area contributed by atoms with Crippen molar-refractivity contribution in [1.29, 1.82) is 0 Å². The molecule has 0 bridgehead atoms. The molecule has 1 rings (SSSR count). The molecule has 1 aromatic rings. The summed E-state index contributed by atoms with van der Waals surface area (Å²) >= 11 is 0. The van der Waals surface area contributed by atoms with E-state index in [1.54, 1.807) is 0 Å². The van der Waals surface area contributed by atoms with Gasteiger partial charge in [-0.15, -0.1) is 0 Å². The lowest BCUT2D eigenvalue weighted by molar-refractivity contribution is 0.563. The lowest BCUT2D eigenvalue weighted by atomic mass is 9.91. The first kappa shape index (κ1) is 9.17.